The predicted molar refractivity (Wildman–Crippen MR) is 116 cm³/mol. The van der Waals surface area contributed by atoms with Crippen LogP contribution < -0.4 is 10.1 Å². The molecule has 1 aliphatic heterocycles. The van der Waals surface area contributed by atoms with Gasteiger partial charge in [-0.15, -0.1) is 0 Å². The number of para-hydroxylation sites is 1. The van der Waals surface area contributed by atoms with Crippen LogP contribution in [0.4, 0.5) is 4.39 Å². The molecule has 1 fully saturated rings. The summed E-state index contributed by atoms with van der Waals surface area (Å²) in [5, 5.41) is 2.79. The third kappa shape index (κ3) is 5.84. The number of rotatable bonds is 7. The summed E-state index contributed by atoms with van der Waals surface area (Å²) in [6.07, 6.45) is 1.22. The summed E-state index contributed by atoms with van der Waals surface area (Å²) in [5.74, 6) is -1.46. The average molecular weight is 442 g/mol. The molecule has 1 saturated heterocycles. The highest BCUT2D eigenvalue weighted by Crippen LogP contribution is 2.24. The predicted octanol–water partition coefficient (Wildman–Crippen LogP) is 3.11. The quantitative estimate of drug-likeness (QED) is 0.666. The molecule has 8 heteroatoms. The highest BCUT2D eigenvalue weighted by atomic mass is 19.1. The van der Waals surface area contributed by atoms with E-state index in [1.54, 1.807) is 18.1 Å². The molecule has 0 saturated carbocycles. The second-order valence-electron chi connectivity index (χ2n) is 7.74. The molecule has 32 heavy (non-hydrogen) atoms. The first-order valence-electron chi connectivity index (χ1n) is 10.5. The van der Waals surface area contributed by atoms with Gasteiger partial charge in [0.1, 0.15) is 11.6 Å². The molecule has 0 radical (unpaired) electrons. The molecule has 0 bridgehead atoms. The van der Waals surface area contributed by atoms with Gasteiger partial charge >= 0.3 is 5.97 Å². The lowest BCUT2D eigenvalue weighted by atomic mass is 9.97. The van der Waals surface area contributed by atoms with Crippen LogP contribution in [0.25, 0.3) is 0 Å². The number of likely N-dealkylation sites (tertiary alicyclic amines) is 1. The van der Waals surface area contributed by atoms with Gasteiger partial charge in [0.15, 0.2) is 6.61 Å². The molecule has 3 rings (SSSR count). The van der Waals surface area contributed by atoms with E-state index in [-0.39, 0.29) is 18.5 Å². The zero-order chi connectivity index (χ0) is 23.1. The fraction of sp³-hybridized carbons (Fsp3) is 0.375. The number of ether oxygens (including phenoxy) is 2. The first kappa shape index (κ1) is 23.2. The molecule has 170 valence electrons. The number of esters is 1. The van der Waals surface area contributed by atoms with Crippen LogP contribution in [0.1, 0.15) is 41.7 Å². The topological polar surface area (TPSA) is 84.9 Å². The summed E-state index contributed by atoms with van der Waals surface area (Å²) in [7, 11) is 1.56. The number of carbonyl (C=O) groups excluding carboxylic acids is 3. The van der Waals surface area contributed by atoms with Gasteiger partial charge in [0.05, 0.1) is 19.1 Å². The standard InChI is InChI=1S/C24H27FN2O5/c1-16(20-7-3-4-8-21(20)31-2)26-22(28)15-32-24(30)18-6-5-13-27(14-18)23(29)17-9-11-19(25)12-10-17/h3-4,7-12,16,18H,5-6,13-15H2,1-2H3,(H,26,28). The van der Waals surface area contributed by atoms with Crippen molar-refractivity contribution in [2.24, 2.45) is 5.92 Å². The number of halogens is 1. The first-order valence-corrected chi connectivity index (χ1v) is 10.5. The molecule has 2 aromatic rings. The third-order valence-corrected chi connectivity index (χ3v) is 5.46. The molecule has 7 nitrogen and oxygen atoms in total. The van der Waals surface area contributed by atoms with Gasteiger partial charge in [0, 0.05) is 24.2 Å². The van der Waals surface area contributed by atoms with Crippen LogP contribution in [0.2, 0.25) is 0 Å². The lowest BCUT2D eigenvalue weighted by Gasteiger charge is -2.31. The maximum atomic E-state index is 13.1. The molecule has 1 heterocycles. The van der Waals surface area contributed by atoms with Crippen LogP contribution in [0.15, 0.2) is 48.5 Å². The fourth-order valence-electron chi connectivity index (χ4n) is 3.77. The van der Waals surface area contributed by atoms with Gasteiger partial charge in [-0.25, -0.2) is 4.39 Å². The second-order valence-corrected chi connectivity index (χ2v) is 7.74. The third-order valence-electron chi connectivity index (χ3n) is 5.46. The van der Waals surface area contributed by atoms with Crippen molar-refractivity contribution in [1.82, 2.24) is 10.2 Å². The van der Waals surface area contributed by atoms with E-state index in [1.807, 2.05) is 25.1 Å². The number of carbonyl (C=O) groups is 3. The highest BCUT2D eigenvalue weighted by Gasteiger charge is 2.30. The van der Waals surface area contributed by atoms with Crippen molar-refractivity contribution in [1.29, 1.82) is 0 Å². The number of nitrogens with zero attached hydrogens (tertiary/aromatic N) is 1. The Labute approximate surface area is 186 Å². The summed E-state index contributed by atoms with van der Waals surface area (Å²) in [5.41, 5.74) is 1.18. The smallest absolute Gasteiger partial charge is 0.311 e. The maximum Gasteiger partial charge on any atom is 0.311 e. The Balaban J connectivity index is 1.50. The second kappa shape index (κ2) is 10.7. The number of hydrogen-bond donors (Lipinski definition) is 1. The number of amides is 2. The number of benzene rings is 2. The van der Waals surface area contributed by atoms with Crippen LogP contribution >= 0.6 is 0 Å². The number of methoxy groups -OCH3 is 1. The lowest BCUT2D eigenvalue weighted by Crippen LogP contribution is -2.43. The van der Waals surface area contributed by atoms with Crippen LogP contribution in [0.5, 0.6) is 5.75 Å². The van der Waals surface area contributed by atoms with Gasteiger partial charge in [-0.1, -0.05) is 18.2 Å². The van der Waals surface area contributed by atoms with Crippen molar-refractivity contribution in [2.75, 3.05) is 26.8 Å². The van der Waals surface area contributed by atoms with Crippen LogP contribution in [-0.2, 0) is 14.3 Å². The molecule has 1 aliphatic rings. The lowest BCUT2D eigenvalue weighted by molar-refractivity contribution is -0.154. The molecular formula is C24H27FN2O5. The van der Waals surface area contributed by atoms with Crippen molar-refractivity contribution >= 4 is 17.8 Å². The van der Waals surface area contributed by atoms with Crippen molar-refractivity contribution in [3.63, 3.8) is 0 Å². The first-order chi connectivity index (χ1) is 15.4. The Bertz CT molecular complexity index is 963. The number of nitrogens with one attached hydrogen (secondary N) is 1. The van der Waals surface area contributed by atoms with Crippen molar-refractivity contribution in [3.8, 4) is 5.75 Å². The Morgan fingerprint density at radius 2 is 1.88 bits per heavy atom. The van der Waals surface area contributed by atoms with Gasteiger partial charge in [-0.2, -0.15) is 0 Å². The molecule has 0 aromatic heterocycles. The van der Waals surface area contributed by atoms with E-state index in [9.17, 15) is 18.8 Å². The Hall–Kier alpha value is -3.42. The van der Waals surface area contributed by atoms with Gasteiger partial charge in [-0.3, -0.25) is 14.4 Å². The zero-order valence-electron chi connectivity index (χ0n) is 18.2. The van der Waals surface area contributed by atoms with E-state index in [0.717, 1.165) is 5.56 Å². The van der Waals surface area contributed by atoms with E-state index in [4.69, 9.17) is 9.47 Å². The minimum atomic E-state index is -0.512. The molecule has 2 amide bonds. The highest BCUT2D eigenvalue weighted by molar-refractivity contribution is 5.94. The summed E-state index contributed by atoms with van der Waals surface area (Å²) < 4.78 is 23.6. The van der Waals surface area contributed by atoms with E-state index in [0.29, 0.717) is 30.7 Å². The Morgan fingerprint density at radius 1 is 1.16 bits per heavy atom. The van der Waals surface area contributed by atoms with E-state index in [2.05, 4.69) is 5.32 Å². The van der Waals surface area contributed by atoms with Crippen molar-refractivity contribution in [3.05, 3.63) is 65.5 Å². The summed E-state index contributed by atoms with van der Waals surface area (Å²) in [6, 6.07) is 12.3. The zero-order valence-corrected chi connectivity index (χ0v) is 18.2. The Morgan fingerprint density at radius 3 is 2.59 bits per heavy atom. The minimum Gasteiger partial charge on any atom is -0.496 e. The molecule has 0 spiro atoms. The maximum absolute atomic E-state index is 13.1. The van der Waals surface area contributed by atoms with E-state index >= 15 is 0 Å². The van der Waals surface area contributed by atoms with Crippen LogP contribution in [0, 0.1) is 11.7 Å². The Kier molecular flexibility index (Phi) is 7.81. The largest absolute Gasteiger partial charge is 0.496 e. The van der Waals surface area contributed by atoms with Gasteiger partial charge < -0.3 is 19.7 Å². The molecule has 2 unspecified atom stereocenters. The van der Waals surface area contributed by atoms with E-state index < -0.39 is 30.2 Å². The van der Waals surface area contributed by atoms with Gasteiger partial charge in [0.25, 0.3) is 11.8 Å². The van der Waals surface area contributed by atoms with Crippen molar-refractivity contribution < 1.29 is 28.2 Å². The normalized spacial score (nSPS) is 16.7. The van der Waals surface area contributed by atoms with Gasteiger partial charge in [-0.05, 0) is 50.1 Å². The van der Waals surface area contributed by atoms with Crippen LogP contribution in [0.3, 0.4) is 0 Å². The summed E-state index contributed by atoms with van der Waals surface area (Å²) in [4.78, 5) is 39.0. The molecule has 0 aliphatic carbocycles. The fourth-order valence-corrected chi connectivity index (χ4v) is 3.77. The van der Waals surface area contributed by atoms with E-state index in [1.165, 1.54) is 24.3 Å². The minimum absolute atomic E-state index is 0.203. The average Bonchev–Trinajstić information content (AvgIpc) is 2.82. The molecule has 2 aromatic carbocycles. The monoisotopic (exact) mass is 442 g/mol. The summed E-state index contributed by atoms with van der Waals surface area (Å²) >= 11 is 0. The van der Waals surface area contributed by atoms with Gasteiger partial charge in [0.2, 0.25) is 0 Å². The number of piperidine rings is 1. The molecule has 1 N–H and O–H groups in total. The van der Waals surface area contributed by atoms with Crippen LogP contribution in [-0.4, -0.2) is 49.5 Å². The SMILES string of the molecule is COc1ccccc1C(C)NC(=O)COC(=O)C1CCCN(C(=O)c2ccc(F)cc2)C1. The van der Waals surface area contributed by atoms with Crippen molar-refractivity contribution in [2.45, 2.75) is 25.8 Å². The molecule has 2 atom stereocenters. The molecular weight excluding hydrogens is 415 g/mol. The number of hydrogen-bond acceptors (Lipinski definition) is 5. The summed E-state index contributed by atoms with van der Waals surface area (Å²) in [6.45, 7) is 2.13.